The van der Waals surface area contributed by atoms with E-state index < -0.39 is 0 Å². The van der Waals surface area contributed by atoms with Crippen LogP contribution in [-0.2, 0) is 17.9 Å². The molecule has 2 aromatic carbocycles. The fourth-order valence-corrected chi connectivity index (χ4v) is 4.26. The van der Waals surface area contributed by atoms with Crippen LogP contribution in [-0.4, -0.2) is 46.9 Å². The Hall–Kier alpha value is -2.86. The predicted octanol–water partition coefficient (Wildman–Crippen LogP) is 3.56. The number of hydrogen-bond donors (Lipinski definition) is 1. The Bertz CT molecular complexity index is 880. The van der Waals surface area contributed by atoms with Gasteiger partial charge in [-0.1, -0.05) is 48.9 Å². The first kappa shape index (κ1) is 20.4. The lowest BCUT2D eigenvalue weighted by molar-refractivity contribution is -0.127. The Morgan fingerprint density at radius 1 is 1.07 bits per heavy atom. The third kappa shape index (κ3) is 4.65. The lowest BCUT2D eigenvalue weighted by Gasteiger charge is -2.33. The van der Waals surface area contributed by atoms with Crippen molar-refractivity contribution in [3.63, 3.8) is 0 Å². The van der Waals surface area contributed by atoms with Gasteiger partial charge in [-0.25, -0.2) is 4.79 Å². The Labute approximate surface area is 177 Å². The molecule has 0 aliphatic carbocycles. The van der Waals surface area contributed by atoms with Crippen molar-refractivity contribution in [3.8, 4) is 5.75 Å². The van der Waals surface area contributed by atoms with Crippen molar-refractivity contribution in [3.05, 3.63) is 65.7 Å². The van der Waals surface area contributed by atoms with Gasteiger partial charge in [0.2, 0.25) is 0 Å². The van der Waals surface area contributed by atoms with Crippen molar-refractivity contribution >= 4 is 11.9 Å². The van der Waals surface area contributed by atoms with Crippen LogP contribution in [0.3, 0.4) is 0 Å². The standard InChI is InChI=1S/C24H29N3O3/c1-18(22-12-5-6-13-25-22)27-23(28)16-26(24(27)29)15-20-10-7-11-21(14-20)30-17-19-8-3-2-4-9-19/h2-4,7-11,14,18,22,25H,5-6,12-13,15-17H2,1H3. The highest BCUT2D eigenvalue weighted by Gasteiger charge is 2.41. The van der Waals surface area contributed by atoms with E-state index in [1.165, 1.54) is 4.90 Å². The lowest BCUT2D eigenvalue weighted by Crippen LogP contribution is -2.52. The Morgan fingerprint density at radius 3 is 2.63 bits per heavy atom. The zero-order chi connectivity index (χ0) is 20.9. The van der Waals surface area contributed by atoms with Gasteiger partial charge in [0.1, 0.15) is 18.9 Å². The van der Waals surface area contributed by atoms with Crippen molar-refractivity contribution in [2.75, 3.05) is 13.1 Å². The quantitative estimate of drug-likeness (QED) is 0.713. The fraction of sp³-hybridized carbons (Fsp3) is 0.417. The predicted molar refractivity (Wildman–Crippen MR) is 115 cm³/mol. The molecular formula is C24H29N3O3. The van der Waals surface area contributed by atoms with Crippen LogP contribution in [0.5, 0.6) is 5.75 Å². The molecule has 0 bridgehead atoms. The molecular weight excluding hydrogens is 378 g/mol. The highest BCUT2D eigenvalue weighted by atomic mass is 16.5. The van der Waals surface area contributed by atoms with Gasteiger partial charge < -0.3 is 15.0 Å². The van der Waals surface area contributed by atoms with Crippen molar-refractivity contribution in [1.82, 2.24) is 15.1 Å². The van der Waals surface area contributed by atoms with Gasteiger partial charge in [-0.2, -0.15) is 0 Å². The molecule has 30 heavy (non-hydrogen) atoms. The van der Waals surface area contributed by atoms with Crippen LogP contribution >= 0.6 is 0 Å². The van der Waals surface area contributed by atoms with Crippen molar-refractivity contribution < 1.29 is 14.3 Å². The summed E-state index contributed by atoms with van der Waals surface area (Å²) in [5, 5.41) is 3.46. The minimum Gasteiger partial charge on any atom is -0.489 e. The van der Waals surface area contributed by atoms with Crippen molar-refractivity contribution in [2.24, 2.45) is 0 Å². The summed E-state index contributed by atoms with van der Waals surface area (Å²) in [6.07, 6.45) is 3.29. The molecule has 6 heteroatoms. The molecule has 6 nitrogen and oxygen atoms in total. The van der Waals surface area contributed by atoms with Crippen molar-refractivity contribution in [1.29, 1.82) is 0 Å². The molecule has 2 fully saturated rings. The number of nitrogens with one attached hydrogen (secondary N) is 1. The average Bonchev–Trinajstić information content (AvgIpc) is 3.06. The third-order valence-corrected chi connectivity index (χ3v) is 5.93. The van der Waals surface area contributed by atoms with E-state index in [2.05, 4.69) is 5.32 Å². The van der Waals surface area contributed by atoms with E-state index in [0.717, 1.165) is 42.7 Å². The average molecular weight is 408 g/mol. The van der Waals surface area contributed by atoms with Crippen LogP contribution in [0.15, 0.2) is 54.6 Å². The summed E-state index contributed by atoms with van der Waals surface area (Å²) in [7, 11) is 0. The summed E-state index contributed by atoms with van der Waals surface area (Å²) in [6, 6.07) is 17.6. The molecule has 2 unspecified atom stereocenters. The molecule has 0 saturated carbocycles. The molecule has 1 N–H and O–H groups in total. The minimum absolute atomic E-state index is 0.114. The number of imide groups is 1. The molecule has 4 rings (SSSR count). The smallest absolute Gasteiger partial charge is 0.327 e. The van der Waals surface area contributed by atoms with Crippen LogP contribution in [0.4, 0.5) is 4.79 Å². The highest BCUT2D eigenvalue weighted by Crippen LogP contribution is 2.23. The topological polar surface area (TPSA) is 61.9 Å². The molecule has 2 aliphatic heterocycles. The third-order valence-electron chi connectivity index (χ3n) is 5.93. The van der Waals surface area contributed by atoms with E-state index in [1.54, 1.807) is 4.90 Å². The zero-order valence-corrected chi connectivity index (χ0v) is 17.4. The van der Waals surface area contributed by atoms with Gasteiger partial charge in [0.25, 0.3) is 5.91 Å². The second kappa shape index (κ2) is 9.30. The number of ether oxygens (including phenoxy) is 1. The molecule has 3 amide bonds. The molecule has 2 heterocycles. The second-order valence-electron chi connectivity index (χ2n) is 8.12. The van der Waals surface area contributed by atoms with Gasteiger partial charge in [-0.3, -0.25) is 9.69 Å². The van der Waals surface area contributed by atoms with Gasteiger partial charge in [-0.05, 0) is 49.6 Å². The molecule has 158 valence electrons. The monoisotopic (exact) mass is 407 g/mol. The van der Waals surface area contributed by atoms with Crippen LogP contribution in [0.2, 0.25) is 0 Å². The number of rotatable bonds is 7. The molecule has 2 aliphatic rings. The van der Waals surface area contributed by atoms with Gasteiger partial charge in [0.05, 0.1) is 6.04 Å². The van der Waals surface area contributed by atoms with E-state index in [4.69, 9.17) is 4.74 Å². The number of hydrogen-bond acceptors (Lipinski definition) is 4. The first-order valence-electron chi connectivity index (χ1n) is 10.7. The molecule has 2 atom stereocenters. The van der Waals surface area contributed by atoms with Gasteiger partial charge >= 0.3 is 6.03 Å². The fourth-order valence-electron chi connectivity index (χ4n) is 4.26. The van der Waals surface area contributed by atoms with E-state index in [1.807, 2.05) is 61.5 Å². The van der Waals surface area contributed by atoms with Gasteiger partial charge in [0.15, 0.2) is 0 Å². The van der Waals surface area contributed by atoms with E-state index in [-0.39, 0.29) is 30.6 Å². The lowest BCUT2D eigenvalue weighted by atomic mass is 9.98. The van der Waals surface area contributed by atoms with E-state index in [9.17, 15) is 9.59 Å². The van der Waals surface area contributed by atoms with Gasteiger partial charge in [-0.15, -0.1) is 0 Å². The maximum absolute atomic E-state index is 13.0. The molecule has 0 aromatic heterocycles. The second-order valence-corrected chi connectivity index (χ2v) is 8.12. The van der Waals surface area contributed by atoms with Gasteiger partial charge in [0, 0.05) is 12.6 Å². The number of carbonyl (C=O) groups excluding carboxylic acids is 2. The maximum atomic E-state index is 13.0. The summed E-state index contributed by atoms with van der Waals surface area (Å²) in [6.45, 7) is 3.94. The molecule has 0 radical (unpaired) electrons. The van der Waals surface area contributed by atoms with Crippen molar-refractivity contribution in [2.45, 2.75) is 51.4 Å². The van der Waals surface area contributed by atoms with Crippen LogP contribution in [0.1, 0.15) is 37.3 Å². The van der Waals surface area contributed by atoms with Crippen LogP contribution in [0, 0.1) is 0 Å². The number of nitrogens with zero attached hydrogens (tertiary/aromatic N) is 2. The zero-order valence-electron chi connectivity index (χ0n) is 17.4. The Balaban J connectivity index is 1.38. The number of urea groups is 1. The first-order valence-corrected chi connectivity index (χ1v) is 10.7. The number of amides is 3. The number of benzene rings is 2. The number of piperidine rings is 1. The number of carbonyl (C=O) groups is 2. The Morgan fingerprint density at radius 2 is 1.87 bits per heavy atom. The first-order chi connectivity index (χ1) is 14.6. The summed E-state index contributed by atoms with van der Waals surface area (Å²) >= 11 is 0. The summed E-state index contributed by atoms with van der Waals surface area (Å²) in [5.74, 6) is 0.641. The highest BCUT2D eigenvalue weighted by molar-refractivity contribution is 6.02. The van der Waals surface area contributed by atoms with E-state index >= 15 is 0 Å². The normalized spacial score (nSPS) is 20.5. The molecule has 0 spiro atoms. The summed E-state index contributed by atoms with van der Waals surface area (Å²) in [5.41, 5.74) is 2.05. The maximum Gasteiger partial charge on any atom is 0.327 e. The Kier molecular flexibility index (Phi) is 6.33. The SMILES string of the molecule is CC(C1CCCCN1)N1C(=O)CN(Cc2cccc(OCc3ccccc3)c2)C1=O. The van der Waals surface area contributed by atoms with Crippen LogP contribution in [0.25, 0.3) is 0 Å². The molecule has 2 aromatic rings. The van der Waals surface area contributed by atoms with E-state index in [0.29, 0.717) is 13.2 Å². The summed E-state index contributed by atoms with van der Waals surface area (Å²) < 4.78 is 5.89. The van der Waals surface area contributed by atoms with Crippen LogP contribution < -0.4 is 10.1 Å². The largest absolute Gasteiger partial charge is 0.489 e. The minimum atomic E-state index is -0.199. The molecule has 2 saturated heterocycles. The summed E-state index contributed by atoms with van der Waals surface area (Å²) in [4.78, 5) is 28.6.